The highest BCUT2D eigenvalue weighted by molar-refractivity contribution is 5.76. The van der Waals surface area contributed by atoms with Crippen LogP contribution in [0.15, 0.2) is 0 Å². The molecule has 1 saturated carbocycles. The van der Waals surface area contributed by atoms with Crippen LogP contribution in [-0.2, 0) is 4.79 Å². The third-order valence-electron chi connectivity index (χ3n) is 4.04. The van der Waals surface area contributed by atoms with Crippen molar-refractivity contribution in [1.82, 2.24) is 10.2 Å². The van der Waals surface area contributed by atoms with Gasteiger partial charge in [0, 0.05) is 31.6 Å². The molecule has 3 heteroatoms. The fraction of sp³-hybridized carbons (Fsp3) is 0.923. The molecule has 92 valence electrons. The van der Waals surface area contributed by atoms with E-state index in [2.05, 4.69) is 24.1 Å². The van der Waals surface area contributed by atoms with E-state index in [1.54, 1.807) is 0 Å². The first kappa shape index (κ1) is 11.9. The molecule has 1 N–H and O–H groups in total. The van der Waals surface area contributed by atoms with E-state index in [0.717, 1.165) is 13.1 Å². The molecule has 1 amide bonds. The summed E-state index contributed by atoms with van der Waals surface area (Å²) in [6, 6.07) is 1.15. The van der Waals surface area contributed by atoms with Crippen molar-refractivity contribution in [1.29, 1.82) is 0 Å². The van der Waals surface area contributed by atoms with E-state index in [0.29, 0.717) is 30.3 Å². The maximum Gasteiger partial charge on any atom is 0.224 e. The number of nitrogens with one attached hydrogen (secondary N) is 1. The molecule has 0 bridgehead atoms. The average Bonchev–Trinajstić information content (AvgIpc) is 3.06. The number of hydrogen-bond donors (Lipinski definition) is 1. The Kier molecular flexibility index (Phi) is 3.85. The molecule has 1 aliphatic heterocycles. The molecule has 2 fully saturated rings. The van der Waals surface area contributed by atoms with Gasteiger partial charge in [-0.1, -0.05) is 6.92 Å². The molecule has 1 aliphatic carbocycles. The molecule has 0 aromatic heterocycles. The SMILES string of the molecule is CC1CCCN(C(=O)CCNC2CC2)C1C. The highest BCUT2D eigenvalue weighted by Crippen LogP contribution is 2.23. The minimum absolute atomic E-state index is 0.340. The molecule has 1 saturated heterocycles. The van der Waals surface area contributed by atoms with Gasteiger partial charge in [0.1, 0.15) is 0 Å². The van der Waals surface area contributed by atoms with Crippen molar-refractivity contribution in [2.45, 2.75) is 58.0 Å². The molecule has 0 aromatic rings. The lowest BCUT2D eigenvalue weighted by molar-refractivity contribution is -0.135. The topological polar surface area (TPSA) is 32.3 Å². The number of carbonyl (C=O) groups is 1. The third kappa shape index (κ3) is 2.97. The van der Waals surface area contributed by atoms with Crippen LogP contribution >= 0.6 is 0 Å². The summed E-state index contributed by atoms with van der Waals surface area (Å²) < 4.78 is 0. The summed E-state index contributed by atoms with van der Waals surface area (Å²) >= 11 is 0. The van der Waals surface area contributed by atoms with Crippen molar-refractivity contribution in [3.8, 4) is 0 Å². The molecule has 0 spiro atoms. The van der Waals surface area contributed by atoms with Crippen LogP contribution in [0.25, 0.3) is 0 Å². The van der Waals surface area contributed by atoms with Crippen LogP contribution in [0.1, 0.15) is 46.0 Å². The molecular formula is C13H24N2O. The summed E-state index contributed by atoms with van der Waals surface area (Å²) in [7, 11) is 0. The van der Waals surface area contributed by atoms with E-state index in [1.807, 2.05) is 0 Å². The highest BCUT2D eigenvalue weighted by Gasteiger charge is 2.28. The normalized spacial score (nSPS) is 30.5. The van der Waals surface area contributed by atoms with Crippen LogP contribution in [0.5, 0.6) is 0 Å². The van der Waals surface area contributed by atoms with Gasteiger partial charge in [-0.2, -0.15) is 0 Å². The van der Waals surface area contributed by atoms with Crippen LogP contribution < -0.4 is 5.32 Å². The summed E-state index contributed by atoms with van der Waals surface area (Å²) in [4.78, 5) is 14.1. The van der Waals surface area contributed by atoms with Gasteiger partial charge in [-0.25, -0.2) is 0 Å². The Morgan fingerprint density at radius 1 is 1.31 bits per heavy atom. The highest BCUT2D eigenvalue weighted by atomic mass is 16.2. The Bertz CT molecular complexity index is 250. The second-order valence-electron chi connectivity index (χ2n) is 5.43. The van der Waals surface area contributed by atoms with Gasteiger partial charge < -0.3 is 10.2 Å². The lowest BCUT2D eigenvalue weighted by Gasteiger charge is -2.38. The van der Waals surface area contributed by atoms with Crippen LogP contribution in [0.4, 0.5) is 0 Å². The first-order valence-electron chi connectivity index (χ1n) is 6.71. The van der Waals surface area contributed by atoms with Crippen molar-refractivity contribution >= 4 is 5.91 Å². The predicted molar refractivity (Wildman–Crippen MR) is 65.2 cm³/mol. The number of carbonyl (C=O) groups excluding carboxylic acids is 1. The van der Waals surface area contributed by atoms with Gasteiger partial charge in [-0.15, -0.1) is 0 Å². The first-order chi connectivity index (χ1) is 7.68. The van der Waals surface area contributed by atoms with Gasteiger partial charge in [0.2, 0.25) is 5.91 Å². The van der Waals surface area contributed by atoms with Crippen LogP contribution in [0.3, 0.4) is 0 Å². The Hall–Kier alpha value is -0.570. The van der Waals surface area contributed by atoms with E-state index in [9.17, 15) is 4.79 Å². The lowest BCUT2D eigenvalue weighted by Crippen LogP contribution is -2.46. The molecule has 2 aliphatic rings. The van der Waals surface area contributed by atoms with Crippen molar-refractivity contribution in [2.75, 3.05) is 13.1 Å². The number of hydrogen-bond acceptors (Lipinski definition) is 2. The van der Waals surface area contributed by atoms with Crippen molar-refractivity contribution in [3.63, 3.8) is 0 Å². The fourth-order valence-electron chi connectivity index (χ4n) is 2.50. The fourth-order valence-corrected chi connectivity index (χ4v) is 2.50. The molecule has 2 unspecified atom stereocenters. The predicted octanol–water partition coefficient (Wildman–Crippen LogP) is 1.78. The Morgan fingerprint density at radius 2 is 2.06 bits per heavy atom. The zero-order valence-corrected chi connectivity index (χ0v) is 10.5. The molecular weight excluding hydrogens is 200 g/mol. The zero-order chi connectivity index (χ0) is 11.5. The van der Waals surface area contributed by atoms with Gasteiger partial charge in [0.25, 0.3) is 0 Å². The van der Waals surface area contributed by atoms with E-state index < -0.39 is 0 Å². The Labute approximate surface area is 98.6 Å². The number of likely N-dealkylation sites (tertiary alicyclic amines) is 1. The van der Waals surface area contributed by atoms with E-state index >= 15 is 0 Å². The lowest BCUT2D eigenvalue weighted by atomic mass is 9.92. The van der Waals surface area contributed by atoms with Crippen LogP contribution in [0.2, 0.25) is 0 Å². The van der Waals surface area contributed by atoms with Crippen molar-refractivity contribution in [3.05, 3.63) is 0 Å². The smallest absolute Gasteiger partial charge is 0.224 e. The van der Waals surface area contributed by atoms with Crippen LogP contribution in [-0.4, -0.2) is 36.0 Å². The zero-order valence-electron chi connectivity index (χ0n) is 10.5. The van der Waals surface area contributed by atoms with Crippen molar-refractivity contribution in [2.24, 2.45) is 5.92 Å². The van der Waals surface area contributed by atoms with Crippen molar-refractivity contribution < 1.29 is 4.79 Å². The molecule has 1 heterocycles. The quantitative estimate of drug-likeness (QED) is 0.789. The molecule has 0 radical (unpaired) electrons. The first-order valence-corrected chi connectivity index (χ1v) is 6.71. The Morgan fingerprint density at radius 3 is 2.75 bits per heavy atom. The molecule has 2 rings (SSSR count). The van der Waals surface area contributed by atoms with Gasteiger partial charge in [0.15, 0.2) is 0 Å². The summed E-state index contributed by atoms with van der Waals surface area (Å²) in [5, 5.41) is 3.41. The Balaban J connectivity index is 1.73. The standard InChI is InChI=1S/C13H24N2O/c1-10-4-3-9-15(11(10)2)13(16)7-8-14-12-5-6-12/h10-12,14H,3-9H2,1-2H3. The second kappa shape index (κ2) is 5.17. The summed E-state index contributed by atoms with van der Waals surface area (Å²) in [5.41, 5.74) is 0. The minimum atomic E-state index is 0.340. The maximum absolute atomic E-state index is 12.0. The van der Waals surface area contributed by atoms with E-state index in [1.165, 1.54) is 25.7 Å². The van der Waals surface area contributed by atoms with E-state index in [4.69, 9.17) is 0 Å². The number of amides is 1. The van der Waals surface area contributed by atoms with Crippen LogP contribution in [0, 0.1) is 5.92 Å². The largest absolute Gasteiger partial charge is 0.340 e. The molecule has 2 atom stereocenters. The van der Waals surface area contributed by atoms with Gasteiger partial charge in [-0.3, -0.25) is 4.79 Å². The third-order valence-corrected chi connectivity index (χ3v) is 4.04. The van der Waals surface area contributed by atoms with Gasteiger partial charge >= 0.3 is 0 Å². The molecule has 3 nitrogen and oxygen atoms in total. The molecule has 0 aromatic carbocycles. The minimum Gasteiger partial charge on any atom is -0.340 e. The number of piperidine rings is 1. The number of rotatable bonds is 4. The monoisotopic (exact) mass is 224 g/mol. The van der Waals surface area contributed by atoms with E-state index in [-0.39, 0.29) is 0 Å². The number of nitrogens with zero attached hydrogens (tertiary/aromatic N) is 1. The summed E-state index contributed by atoms with van der Waals surface area (Å²) in [6.45, 7) is 6.28. The molecule has 16 heavy (non-hydrogen) atoms. The summed E-state index contributed by atoms with van der Waals surface area (Å²) in [5.74, 6) is 1.00. The summed E-state index contributed by atoms with van der Waals surface area (Å²) in [6.07, 6.45) is 5.71. The maximum atomic E-state index is 12.0. The van der Waals surface area contributed by atoms with Gasteiger partial charge in [0.05, 0.1) is 0 Å². The van der Waals surface area contributed by atoms with Gasteiger partial charge in [-0.05, 0) is 38.5 Å². The average molecular weight is 224 g/mol. The second-order valence-corrected chi connectivity index (χ2v) is 5.43.